The summed E-state index contributed by atoms with van der Waals surface area (Å²) in [6, 6.07) is 14.6. The molecular formula is C20H19ClN2O3S. The van der Waals surface area contributed by atoms with Crippen molar-refractivity contribution in [2.24, 2.45) is 5.92 Å². The first-order valence-corrected chi connectivity index (χ1v) is 9.55. The highest BCUT2D eigenvalue weighted by Gasteiger charge is 2.59. The van der Waals surface area contributed by atoms with Crippen molar-refractivity contribution in [2.45, 2.75) is 25.6 Å². The van der Waals surface area contributed by atoms with Crippen LogP contribution >= 0.6 is 23.8 Å². The molecule has 2 aromatic carbocycles. The molecule has 0 radical (unpaired) electrons. The second-order valence-electron chi connectivity index (χ2n) is 6.66. The van der Waals surface area contributed by atoms with Crippen molar-refractivity contribution in [3.63, 3.8) is 0 Å². The van der Waals surface area contributed by atoms with E-state index >= 15 is 0 Å². The highest BCUT2D eigenvalue weighted by molar-refractivity contribution is 7.80. The molecule has 2 aliphatic heterocycles. The molecule has 3 atom stereocenters. The van der Waals surface area contributed by atoms with Crippen molar-refractivity contribution in [1.82, 2.24) is 5.32 Å². The van der Waals surface area contributed by atoms with Crippen LogP contribution in [-0.2, 0) is 9.53 Å². The summed E-state index contributed by atoms with van der Waals surface area (Å²) >= 11 is 11.7. The quantitative estimate of drug-likeness (QED) is 0.617. The third-order valence-electron chi connectivity index (χ3n) is 5.03. The highest BCUT2D eigenvalue weighted by Crippen LogP contribution is 2.49. The van der Waals surface area contributed by atoms with Crippen molar-refractivity contribution >= 4 is 40.6 Å². The fraction of sp³-hybridized carbons (Fsp3) is 0.300. The van der Waals surface area contributed by atoms with Crippen molar-refractivity contribution in [3.8, 4) is 5.75 Å². The van der Waals surface area contributed by atoms with E-state index < -0.39 is 11.6 Å². The van der Waals surface area contributed by atoms with Gasteiger partial charge in [0.1, 0.15) is 11.7 Å². The number of thiocarbonyl (C=S) groups is 1. The van der Waals surface area contributed by atoms with Gasteiger partial charge in [-0.05, 0) is 56.4 Å². The van der Waals surface area contributed by atoms with Crippen LogP contribution in [0.5, 0.6) is 5.75 Å². The Kier molecular flexibility index (Phi) is 4.48. The van der Waals surface area contributed by atoms with Crippen LogP contribution < -0.4 is 15.0 Å². The lowest BCUT2D eigenvalue weighted by Crippen LogP contribution is -2.71. The Morgan fingerprint density at radius 1 is 1.30 bits per heavy atom. The highest BCUT2D eigenvalue weighted by atomic mass is 35.5. The molecule has 0 aromatic heterocycles. The molecule has 1 N–H and O–H groups in total. The predicted octanol–water partition coefficient (Wildman–Crippen LogP) is 4.06. The maximum atomic E-state index is 12.9. The van der Waals surface area contributed by atoms with Gasteiger partial charge in [0, 0.05) is 16.3 Å². The summed E-state index contributed by atoms with van der Waals surface area (Å²) in [6.07, 6.45) is 0. The van der Waals surface area contributed by atoms with Gasteiger partial charge in [-0.15, -0.1) is 0 Å². The molecule has 3 unspecified atom stereocenters. The molecule has 7 heteroatoms. The molecule has 2 aromatic rings. The standard InChI is InChI=1S/C20H19ClN2O3S/c1-3-25-18(24)16-17-14-6-4-5-7-15(14)26-20(16,2)23(19(27)22-17)13-10-8-12(21)9-11-13/h4-11,16-17H,3H2,1-2H3,(H,22,27). The number of halogens is 1. The first kappa shape index (κ1) is 18.1. The van der Waals surface area contributed by atoms with Crippen LogP contribution in [0.25, 0.3) is 0 Å². The van der Waals surface area contributed by atoms with Gasteiger partial charge in [-0.3, -0.25) is 9.69 Å². The molecular weight excluding hydrogens is 384 g/mol. The monoisotopic (exact) mass is 402 g/mol. The van der Waals surface area contributed by atoms with E-state index in [9.17, 15) is 4.79 Å². The number of nitrogens with zero attached hydrogens (tertiary/aromatic N) is 1. The Hall–Kier alpha value is -2.31. The Labute approximate surface area is 168 Å². The van der Waals surface area contributed by atoms with E-state index in [0.717, 1.165) is 17.0 Å². The third-order valence-corrected chi connectivity index (χ3v) is 5.58. The van der Waals surface area contributed by atoms with Crippen LogP contribution in [0.3, 0.4) is 0 Å². The zero-order valence-electron chi connectivity index (χ0n) is 14.9. The Balaban J connectivity index is 1.88. The molecule has 4 rings (SSSR count). The number of fused-ring (bicyclic) bond motifs is 4. The van der Waals surface area contributed by atoms with Gasteiger partial charge in [-0.25, -0.2) is 0 Å². The van der Waals surface area contributed by atoms with Gasteiger partial charge in [0.25, 0.3) is 0 Å². The van der Waals surface area contributed by atoms with Crippen LogP contribution in [0.4, 0.5) is 5.69 Å². The summed E-state index contributed by atoms with van der Waals surface area (Å²) in [7, 11) is 0. The summed E-state index contributed by atoms with van der Waals surface area (Å²) in [5, 5.41) is 4.43. The molecule has 5 nitrogen and oxygen atoms in total. The van der Waals surface area contributed by atoms with E-state index in [4.69, 9.17) is 33.3 Å². The van der Waals surface area contributed by atoms with E-state index in [1.165, 1.54) is 0 Å². The second kappa shape index (κ2) is 6.69. The number of carbonyl (C=O) groups is 1. The molecule has 140 valence electrons. The van der Waals surface area contributed by atoms with Crippen molar-refractivity contribution in [2.75, 3.05) is 11.5 Å². The molecule has 2 heterocycles. The van der Waals surface area contributed by atoms with Gasteiger partial charge in [-0.1, -0.05) is 29.8 Å². The Morgan fingerprint density at radius 3 is 2.70 bits per heavy atom. The van der Waals surface area contributed by atoms with Gasteiger partial charge < -0.3 is 14.8 Å². The number of ether oxygens (including phenoxy) is 2. The van der Waals surface area contributed by atoms with Gasteiger partial charge in [0.15, 0.2) is 5.11 Å². The van der Waals surface area contributed by atoms with Gasteiger partial charge in [0.2, 0.25) is 5.72 Å². The average molecular weight is 403 g/mol. The SMILES string of the molecule is CCOC(=O)C1C2NC(=S)N(c3ccc(Cl)cc3)C1(C)Oc1ccccc12. The Morgan fingerprint density at radius 2 is 2.00 bits per heavy atom. The smallest absolute Gasteiger partial charge is 0.317 e. The summed E-state index contributed by atoms with van der Waals surface area (Å²) < 4.78 is 11.8. The largest absolute Gasteiger partial charge is 0.466 e. The van der Waals surface area contributed by atoms with Crippen LogP contribution in [-0.4, -0.2) is 23.4 Å². The van der Waals surface area contributed by atoms with Gasteiger partial charge in [-0.2, -0.15) is 0 Å². The van der Waals surface area contributed by atoms with Crippen LogP contribution in [0.1, 0.15) is 25.5 Å². The van der Waals surface area contributed by atoms with Crippen LogP contribution in [0, 0.1) is 5.92 Å². The summed E-state index contributed by atoms with van der Waals surface area (Å²) in [4.78, 5) is 14.8. The number of hydrogen-bond acceptors (Lipinski definition) is 4. The molecule has 0 spiro atoms. The number of rotatable bonds is 3. The van der Waals surface area contributed by atoms with E-state index in [2.05, 4.69) is 5.32 Å². The molecule has 0 amide bonds. The van der Waals surface area contributed by atoms with E-state index in [1.807, 2.05) is 48.2 Å². The zero-order valence-corrected chi connectivity index (χ0v) is 16.5. The fourth-order valence-electron chi connectivity index (χ4n) is 3.90. The Bertz CT molecular complexity index is 904. The minimum Gasteiger partial charge on any atom is -0.466 e. The predicted molar refractivity (Wildman–Crippen MR) is 108 cm³/mol. The number of para-hydroxylation sites is 1. The lowest BCUT2D eigenvalue weighted by molar-refractivity contribution is -0.159. The first-order valence-electron chi connectivity index (χ1n) is 8.76. The topological polar surface area (TPSA) is 50.8 Å². The van der Waals surface area contributed by atoms with Crippen molar-refractivity contribution < 1.29 is 14.3 Å². The average Bonchev–Trinajstić information content (AvgIpc) is 2.62. The molecule has 0 aliphatic carbocycles. The minimum atomic E-state index is -1.04. The minimum absolute atomic E-state index is 0.297. The van der Waals surface area contributed by atoms with E-state index in [-0.39, 0.29) is 12.0 Å². The fourth-order valence-corrected chi connectivity index (χ4v) is 4.44. The van der Waals surface area contributed by atoms with E-state index in [0.29, 0.717) is 16.7 Å². The summed E-state index contributed by atoms with van der Waals surface area (Å²) in [5.41, 5.74) is 0.638. The summed E-state index contributed by atoms with van der Waals surface area (Å²) in [5.74, 6) is -0.206. The second-order valence-corrected chi connectivity index (χ2v) is 7.49. The van der Waals surface area contributed by atoms with Gasteiger partial charge in [0.05, 0.1) is 12.6 Å². The molecule has 2 bridgehead atoms. The third kappa shape index (κ3) is 2.84. The molecule has 0 saturated carbocycles. The maximum absolute atomic E-state index is 12.9. The van der Waals surface area contributed by atoms with Gasteiger partial charge >= 0.3 is 5.97 Å². The molecule has 27 heavy (non-hydrogen) atoms. The number of anilines is 1. The maximum Gasteiger partial charge on any atom is 0.317 e. The number of carbonyl (C=O) groups excluding carboxylic acids is 1. The number of nitrogens with one attached hydrogen (secondary N) is 1. The number of benzene rings is 2. The zero-order chi connectivity index (χ0) is 19.2. The first-order chi connectivity index (χ1) is 13.0. The molecule has 1 fully saturated rings. The van der Waals surface area contributed by atoms with E-state index in [1.54, 1.807) is 19.1 Å². The normalized spacial score (nSPS) is 25.9. The molecule has 1 saturated heterocycles. The van der Waals surface area contributed by atoms with Crippen molar-refractivity contribution in [1.29, 1.82) is 0 Å². The lowest BCUT2D eigenvalue weighted by atomic mass is 9.79. The number of esters is 1. The molecule has 2 aliphatic rings. The number of hydrogen-bond donors (Lipinski definition) is 1. The summed E-state index contributed by atoms with van der Waals surface area (Å²) in [6.45, 7) is 3.97. The lowest BCUT2D eigenvalue weighted by Gasteiger charge is -2.55. The van der Waals surface area contributed by atoms with Crippen LogP contribution in [0.2, 0.25) is 5.02 Å². The van der Waals surface area contributed by atoms with Crippen molar-refractivity contribution in [3.05, 3.63) is 59.1 Å². The van der Waals surface area contributed by atoms with Crippen LogP contribution in [0.15, 0.2) is 48.5 Å².